The van der Waals surface area contributed by atoms with Gasteiger partial charge in [0.05, 0.1) is 18.4 Å². The van der Waals surface area contributed by atoms with Gasteiger partial charge < -0.3 is 20.1 Å². The van der Waals surface area contributed by atoms with Crippen molar-refractivity contribution in [3.8, 4) is 11.6 Å². The minimum atomic E-state index is -0.513. The van der Waals surface area contributed by atoms with Crippen molar-refractivity contribution >= 4 is 23.7 Å². The lowest BCUT2D eigenvalue weighted by molar-refractivity contribution is -0.118. The molecule has 32 heavy (non-hydrogen) atoms. The third-order valence-electron chi connectivity index (χ3n) is 4.64. The molecule has 1 heterocycles. The number of carbonyl (C=O) groups is 1. The number of aromatic hydroxyl groups is 1. The molecule has 0 bridgehead atoms. The molecule has 3 N–H and O–H groups in total. The Morgan fingerprint density at radius 3 is 2.62 bits per heavy atom. The van der Waals surface area contributed by atoms with Gasteiger partial charge in [-0.05, 0) is 29.7 Å². The number of aromatic amines is 1. The van der Waals surface area contributed by atoms with Gasteiger partial charge in [0.1, 0.15) is 5.75 Å². The SMILES string of the molecule is COc1ccc(CCNC(=O)CSc2nc(=O)c(C/C=C/c3ccccc3)c(O)[nH]2)cc1. The first kappa shape index (κ1) is 23.1. The third-order valence-corrected chi connectivity index (χ3v) is 5.51. The molecular weight excluding hydrogens is 426 g/mol. The van der Waals surface area contributed by atoms with E-state index in [1.807, 2.05) is 60.7 Å². The fourth-order valence-electron chi connectivity index (χ4n) is 2.92. The summed E-state index contributed by atoms with van der Waals surface area (Å²) in [6.07, 6.45) is 4.61. The maximum absolute atomic E-state index is 12.3. The fourth-order valence-corrected chi connectivity index (χ4v) is 3.60. The van der Waals surface area contributed by atoms with Gasteiger partial charge in [0.15, 0.2) is 11.0 Å². The predicted molar refractivity (Wildman–Crippen MR) is 126 cm³/mol. The molecule has 3 rings (SSSR count). The molecule has 0 radical (unpaired) electrons. The van der Waals surface area contributed by atoms with E-state index in [2.05, 4.69) is 15.3 Å². The fraction of sp³-hybridized carbons (Fsp3) is 0.208. The second-order valence-corrected chi connectivity index (χ2v) is 7.89. The molecule has 0 aliphatic heterocycles. The van der Waals surface area contributed by atoms with Crippen molar-refractivity contribution in [2.75, 3.05) is 19.4 Å². The summed E-state index contributed by atoms with van der Waals surface area (Å²) in [6, 6.07) is 17.3. The average Bonchev–Trinajstić information content (AvgIpc) is 2.80. The number of nitrogens with one attached hydrogen (secondary N) is 2. The van der Waals surface area contributed by atoms with Crippen LogP contribution in [0.3, 0.4) is 0 Å². The number of benzene rings is 2. The van der Waals surface area contributed by atoms with Crippen LogP contribution in [0.25, 0.3) is 6.08 Å². The van der Waals surface area contributed by atoms with E-state index in [0.29, 0.717) is 13.0 Å². The van der Waals surface area contributed by atoms with Crippen molar-refractivity contribution < 1.29 is 14.6 Å². The summed E-state index contributed by atoms with van der Waals surface area (Å²) < 4.78 is 5.12. The van der Waals surface area contributed by atoms with E-state index in [9.17, 15) is 14.7 Å². The molecule has 3 aromatic rings. The third kappa shape index (κ3) is 7.02. The monoisotopic (exact) mass is 451 g/mol. The van der Waals surface area contributed by atoms with Crippen molar-refractivity contribution in [1.29, 1.82) is 0 Å². The quantitative estimate of drug-likeness (QED) is 0.323. The Balaban J connectivity index is 1.46. The average molecular weight is 452 g/mol. The number of H-pyrrole nitrogens is 1. The van der Waals surface area contributed by atoms with E-state index in [4.69, 9.17) is 4.74 Å². The number of methoxy groups -OCH3 is 1. The number of amides is 1. The van der Waals surface area contributed by atoms with Gasteiger partial charge in [0, 0.05) is 13.0 Å². The zero-order chi connectivity index (χ0) is 22.8. The van der Waals surface area contributed by atoms with Crippen LogP contribution in [-0.2, 0) is 17.6 Å². The summed E-state index contributed by atoms with van der Waals surface area (Å²) in [5.41, 5.74) is 1.76. The summed E-state index contributed by atoms with van der Waals surface area (Å²) in [6.45, 7) is 0.494. The molecule has 0 fully saturated rings. The van der Waals surface area contributed by atoms with E-state index in [1.54, 1.807) is 13.2 Å². The minimum absolute atomic E-state index is 0.0816. The van der Waals surface area contributed by atoms with E-state index in [0.717, 1.165) is 28.6 Å². The first-order valence-electron chi connectivity index (χ1n) is 10.1. The number of hydrogen-bond donors (Lipinski definition) is 3. The maximum Gasteiger partial charge on any atom is 0.281 e. The molecular formula is C24H25N3O4S. The topological polar surface area (TPSA) is 104 Å². The van der Waals surface area contributed by atoms with Gasteiger partial charge in [-0.15, -0.1) is 0 Å². The standard InChI is InChI=1S/C24H25N3O4S/c1-31-19-12-10-18(11-13-19)14-15-25-21(28)16-32-24-26-22(29)20(23(30)27-24)9-5-8-17-6-3-2-4-7-17/h2-8,10-13H,9,14-16H2,1H3,(H,25,28)(H2,26,27,29,30)/b8-5+. The second kappa shape index (κ2) is 11.8. The molecule has 8 heteroatoms. The van der Waals surface area contributed by atoms with Crippen LogP contribution in [0.1, 0.15) is 16.7 Å². The lowest BCUT2D eigenvalue weighted by Crippen LogP contribution is -2.27. The molecule has 1 amide bonds. The van der Waals surface area contributed by atoms with Crippen molar-refractivity contribution in [2.45, 2.75) is 18.0 Å². The summed E-state index contributed by atoms with van der Waals surface area (Å²) in [5, 5.41) is 13.2. The first-order valence-corrected chi connectivity index (χ1v) is 11.1. The Hall–Kier alpha value is -3.52. The summed E-state index contributed by atoms with van der Waals surface area (Å²) in [5.74, 6) is 0.459. The lowest BCUT2D eigenvalue weighted by atomic mass is 10.1. The highest BCUT2D eigenvalue weighted by Gasteiger charge is 2.11. The van der Waals surface area contributed by atoms with Crippen molar-refractivity contribution in [3.05, 3.63) is 87.7 Å². The molecule has 0 unspecified atom stereocenters. The largest absolute Gasteiger partial charge is 0.497 e. The Bertz CT molecular complexity index is 1110. The number of allylic oxidation sites excluding steroid dienone is 1. The van der Waals surface area contributed by atoms with E-state index in [-0.39, 0.29) is 34.7 Å². The molecule has 0 atom stereocenters. The van der Waals surface area contributed by atoms with Crippen LogP contribution < -0.4 is 15.6 Å². The Kier molecular flexibility index (Phi) is 8.51. The van der Waals surface area contributed by atoms with Gasteiger partial charge in [-0.25, -0.2) is 0 Å². The Labute approximate surface area is 190 Å². The van der Waals surface area contributed by atoms with Crippen LogP contribution >= 0.6 is 11.8 Å². The van der Waals surface area contributed by atoms with Crippen molar-refractivity contribution in [2.24, 2.45) is 0 Å². The van der Waals surface area contributed by atoms with Crippen LogP contribution in [0.15, 0.2) is 70.6 Å². The highest BCUT2D eigenvalue weighted by atomic mass is 32.2. The number of hydrogen-bond acceptors (Lipinski definition) is 6. The smallest absolute Gasteiger partial charge is 0.281 e. The molecule has 0 saturated carbocycles. The molecule has 2 aromatic carbocycles. The second-order valence-electron chi connectivity index (χ2n) is 6.93. The summed E-state index contributed by atoms with van der Waals surface area (Å²) >= 11 is 1.06. The molecule has 0 aliphatic rings. The molecule has 0 spiro atoms. The zero-order valence-corrected chi connectivity index (χ0v) is 18.5. The van der Waals surface area contributed by atoms with Crippen LogP contribution in [0.4, 0.5) is 0 Å². The zero-order valence-electron chi connectivity index (χ0n) is 17.7. The number of thioether (sulfide) groups is 1. The molecule has 1 aromatic heterocycles. The van der Waals surface area contributed by atoms with Crippen molar-refractivity contribution in [1.82, 2.24) is 15.3 Å². The summed E-state index contributed by atoms with van der Waals surface area (Å²) in [7, 11) is 1.62. The Morgan fingerprint density at radius 1 is 1.19 bits per heavy atom. The molecule has 0 saturated heterocycles. The molecule has 0 aliphatic carbocycles. The number of rotatable bonds is 10. The number of carbonyl (C=O) groups excluding carboxylic acids is 1. The van der Waals surface area contributed by atoms with Crippen LogP contribution in [0, 0.1) is 0 Å². The number of ether oxygens (including phenoxy) is 1. The number of nitrogens with zero attached hydrogens (tertiary/aromatic N) is 1. The first-order chi connectivity index (χ1) is 15.5. The van der Waals surface area contributed by atoms with Gasteiger partial charge >= 0.3 is 0 Å². The van der Waals surface area contributed by atoms with Crippen LogP contribution in [0.5, 0.6) is 11.6 Å². The number of aromatic nitrogens is 2. The highest BCUT2D eigenvalue weighted by Crippen LogP contribution is 2.17. The van der Waals surface area contributed by atoms with Crippen molar-refractivity contribution in [3.63, 3.8) is 0 Å². The van der Waals surface area contributed by atoms with E-state index >= 15 is 0 Å². The molecule has 166 valence electrons. The van der Waals surface area contributed by atoms with Gasteiger partial charge in [-0.3, -0.25) is 9.59 Å². The van der Waals surface area contributed by atoms with Gasteiger partial charge in [-0.2, -0.15) is 4.98 Å². The van der Waals surface area contributed by atoms with E-state index in [1.165, 1.54) is 0 Å². The lowest BCUT2D eigenvalue weighted by Gasteiger charge is -2.07. The predicted octanol–water partition coefficient (Wildman–Crippen LogP) is 3.19. The van der Waals surface area contributed by atoms with Gasteiger partial charge in [-0.1, -0.05) is 66.4 Å². The van der Waals surface area contributed by atoms with Gasteiger partial charge in [0.25, 0.3) is 5.56 Å². The highest BCUT2D eigenvalue weighted by molar-refractivity contribution is 7.99. The normalized spacial score (nSPS) is 10.9. The Morgan fingerprint density at radius 2 is 1.94 bits per heavy atom. The maximum atomic E-state index is 12.3. The minimum Gasteiger partial charge on any atom is -0.497 e. The molecule has 7 nitrogen and oxygen atoms in total. The summed E-state index contributed by atoms with van der Waals surface area (Å²) in [4.78, 5) is 31.0. The van der Waals surface area contributed by atoms with E-state index < -0.39 is 5.56 Å². The van der Waals surface area contributed by atoms with Crippen LogP contribution in [-0.4, -0.2) is 40.4 Å². The van der Waals surface area contributed by atoms with Gasteiger partial charge in [0.2, 0.25) is 5.91 Å². The van der Waals surface area contributed by atoms with Crippen LogP contribution in [0.2, 0.25) is 0 Å².